The van der Waals surface area contributed by atoms with Gasteiger partial charge in [-0.15, -0.1) is 0 Å². The van der Waals surface area contributed by atoms with Gasteiger partial charge in [0.25, 0.3) is 5.91 Å². The third kappa shape index (κ3) is 7.00. The van der Waals surface area contributed by atoms with E-state index in [0.29, 0.717) is 39.5 Å². The Kier molecular flexibility index (Phi) is 10.7. The minimum atomic E-state index is -1.10. The number of carbonyl (C=O) groups is 4. The number of aliphatic carboxylic acids is 2. The predicted molar refractivity (Wildman–Crippen MR) is 177 cm³/mol. The molecule has 0 aliphatic carbocycles. The Labute approximate surface area is 272 Å². The molecule has 246 valence electrons. The maximum absolute atomic E-state index is 12.6. The van der Waals surface area contributed by atoms with E-state index in [1.165, 1.54) is 12.3 Å². The number of carbonyl (C=O) groups excluding carboxylic acids is 2. The van der Waals surface area contributed by atoms with Gasteiger partial charge in [-0.3, -0.25) is 19.2 Å². The molecule has 9 N–H and O–H groups in total. The summed E-state index contributed by atoms with van der Waals surface area (Å²) in [7, 11) is 0. The highest BCUT2D eigenvalue weighted by Gasteiger charge is 2.40. The number of rotatable bonds is 12. The zero-order valence-corrected chi connectivity index (χ0v) is 27.1. The lowest BCUT2D eigenvalue weighted by Gasteiger charge is -2.27. The fraction of sp³-hybridized carbons (Fsp3) is 0.394. The third-order valence-electron chi connectivity index (χ3n) is 9.04. The number of carboxylic acids is 2. The number of carboxylic acid groups (broad SMARTS) is 2. The molecule has 4 heterocycles. The summed E-state index contributed by atoms with van der Waals surface area (Å²) in [5.74, 6) is -2.90. The largest absolute Gasteiger partial charge is 0.481 e. The van der Waals surface area contributed by atoms with Gasteiger partial charge in [0.2, 0.25) is 5.91 Å². The SMILES string of the molecule is CC1=C(CCC(=O)O)/C(=C/c2[nH]c(/C=C3\NC(=O)[C@H](C)[C@H]3/C=C\S)c(C)c2CCC(=O)O)NC1[C@@H](O)[C@H]1NC(=O)C(/C=C/N)=C1C. The molecule has 5 atom stereocenters. The van der Waals surface area contributed by atoms with Crippen LogP contribution in [0.1, 0.15) is 62.5 Å². The minimum absolute atomic E-state index is 0.113. The average Bonchev–Trinajstić information content (AvgIpc) is 3.65. The Morgan fingerprint density at radius 2 is 1.63 bits per heavy atom. The van der Waals surface area contributed by atoms with Crippen LogP contribution in [0, 0.1) is 18.8 Å². The van der Waals surface area contributed by atoms with Crippen molar-refractivity contribution in [1.29, 1.82) is 0 Å². The highest BCUT2D eigenvalue weighted by Crippen LogP contribution is 2.36. The standard InChI is InChI=1S/C33H41N5O7S/c1-15-19(5-7-27(39)40)24(35-23(15)13-26-21(10-12-46)18(4)32(44)37-26)14-25-20(6-8-28(41)42)16(2)29(36-25)31(43)30-17(3)22(9-11-34)33(45)38-30/h9-14,18,21,29-31,35-36,43,46H,5-8,34H2,1-4H3,(H,37,44)(H,38,45)(H,39,40)(H,41,42)/b11-9+,12-10-,25-14-,26-13-/t18-,21-,29?,30+,31-/m1/s1. The van der Waals surface area contributed by atoms with Gasteiger partial charge in [0.1, 0.15) is 6.10 Å². The van der Waals surface area contributed by atoms with E-state index in [2.05, 4.69) is 33.6 Å². The fourth-order valence-corrected chi connectivity index (χ4v) is 6.56. The Morgan fingerprint density at radius 1 is 0.978 bits per heavy atom. The number of nitrogens with one attached hydrogen (secondary N) is 4. The molecule has 4 rings (SSSR count). The quantitative estimate of drug-likeness (QED) is 0.152. The highest BCUT2D eigenvalue weighted by molar-refractivity contribution is 7.83. The number of aromatic amines is 1. The summed E-state index contributed by atoms with van der Waals surface area (Å²) in [5.41, 5.74) is 12.1. The topological polar surface area (TPSA) is 207 Å². The molecule has 1 unspecified atom stereocenters. The molecule has 1 aromatic rings. The first-order valence-electron chi connectivity index (χ1n) is 15.0. The number of hydrogen-bond donors (Lipinski definition) is 9. The second kappa shape index (κ2) is 14.3. The van der Waals surface area contributed by atoms with E-state index in [1.54, 1.807) is 18.4 Å². The molecular formula is C33H41N5O7S. The van der Waals surface area contributed by atoms with E-state index in [4.69, 9.17) is 5.73 Å². The Bertz CT molecular complexity index is 1630. The molecule has 0 aromatic carbocycles. The summed E-state index contributed by atoms with van der Waals surface area (Å²) in [6, 6.07) is -1.35. The van der Waals surface area contributed by atoms with Crippen molar-refractivity contribution in [1.82, 2.24) is 20.9 Å². The van der Waals surface area contributed by atoms with E-state index in [9.17, 15) is 34.5 Å². The maximum atomic E-state index is 12.6. The van der Waals surface area contributed by atoms with Gasteiger partial charge in [-0.25, -0.2) is 0 Å². The predicted octanol–water partition coefficient (Wildman–Crippen LogP) is 2.65. The molecule has 13 heteroatoms. The lowest BCUT2D eigenvalue weighted by atomic mass is 9.92. The summed E-state index contributed by atoms with van der Waals surface area (Å²) in [6.45, 7) is 7.26. The van der Waals surface area contributed by atoms with Crippen LogP contribution in [0.15, 0.2) is 57.4 Å². The first-order valence-corrected chi connectivity index (χ1v) is 15.5. The second-order valence-corrected chi connectivity index (χ2v) is 12.1. The molecule has 1 saturated heterocycles. The Hall–Kier alpha value is -4.49. The minimum Gasteiger partial charge on any atom is -0.481 e. The molecule has 0 bridgehead atoms. The van der Waals surface area contributed by atoms with Crippen molar-refractivity contribution in [3.05, 3.63) is 80.0 Å². The summed E-state index contributed by atoms with van der Waals surface area (Å²) in [6.07, 6.45) is 7.26. The summed E-state index contributed by atoms with van der Waals surface area (Å²) >= 11 is 4.19. The molecule has 0 spiro atoms. The lowest BCUT2D eigenvalue weighted by molar-refractivity contribution is -0.138. The lowest BCUT2D eigenvalue weighted by Crippen LogP contribution is -2.49. The molecule has 1 aromatic heterocycles. The van der Waals surface area contributed by atoms with Gasteiger partial charge in [0.05, 0.1) is 12.1 Å². The average molecular weight is 652 g/mol. The highest BCUT2D eigenvalue weighted by atomic mass is 32.1. The van der Waals surface area contributed by atoms with Gasteiger partial charge in [-0.2, -0.15) is 12.6 Å². The van der Waals surface area contributed by atoms with E-state index in [1.807, 2.05) is 32.9 Å². The first-order chi connectivity index (χ1) is 21.8. The third-order valence-corrected chi connectivity index (χ3v) is 9.21. The summed E-state index contributed by atoms with van der Waals surface area (Å²) in [5, 5.41) is 41.2. The van der Waals surface area contributed by atoms with Crippen molar-refractivity contribution in [2.75, 3.05) is 0 Å². The normalized spacial score (nSPS) is 25.8. The van der Waals surface area contributed by atoms with E-state index in [0.717, 1.165) is 16.7 Å². The van der Waals surface area contributed by atoms with Gasteiger partial charge >= 0.3 is 11.9 Å². The zero-order chi connectivity index (χ0) is 33.9. The van der Waals surface area contributed by atoms with Gasteiger partial charge in [0.15, 0.2) is 0 Å². The number of aliphatic hydroxyl groups excluding tert-OH is 1. The van der Waals surface area contributed by atoms with Crippen molar-refractivity contribution in [2.24, 2.45) is 17.6 Å². The molecule has 2 amide bonds. The zero-order valence-electron chi connectivity index (χ0n) is 26.2. The van der Waals surface area contributed by atoms with E-state index < -0.39 is 30.1 Å². The van der Waals surface area contributed by atoms with Crippen molar-refractivity contribution in [3.8, 4) is 0 Å². The van der Waals surface area contributed by atoms with Crippen LogP contribution in [0.3, 0.4) is 0 Å². The first kappa shape index (κ1) is 34.4. The molecule has 12 nitrogen and oxygen atoms in total. The number of hydrogen-bond acceptors (Lipinski definition) is 8. The number of H-pyrrole nitrogens is 1. The van der Waals surface area contributed by atoms with Crippen LogP contribution < -0.4 is 21.7 Å². The molecule has 3 aliphatic heterocycles. The van der Waals surface area contributed by atoms with E-state index >= 15 is 0 Å². The fourth-order valence-electron chi connectivity index (χ4n) is 6.38. The second-order valence-electron chi connectivity index (χ2n) is 11.8. The monoisotopic (exact) mass is 651 g/mol. The molecule has 1 fully saturated rings. The molecular weight excluding hydrogens is 610 g/mol. The number of thiol groups is 1. The van der Waals surface area contributed by atoms with Gasteiger partial charge in [-0.1, -0.05) is 13.0 Å². The smallest absolute Gasteiger partial charge is 0.303 e. The molecule has 46 heavy (non-hydrogen) atoms. The van der Waals surface area contributed by atoms with Crippen molar-refractivity contribution in [3.63, 3.8) is 0 Å². The van der Waals surface area contributed by atoms with Crippen LogP contribution in [0.25, 0.3) is 12.2 Å². The molecule has 0 saturated carbocycles. The molecule has 0 radical (unpaired) electrons. The van der Waals surface area contributed by atoms with Crippen molar-refractivity contribution >= 4 is 48.5 Å². The molecule has 3 aliphatic rings. The summed E-state index contributed by atoms with van der Waals surface area (Å²) in [4.78, 5) is 51.5. The maximum Gasteiger partial charge on any atom is 0.303 e. The van der Waals surface area contributed by atoms with E-state index in [-0.39, 0.29) is 49.3 Å². The number of allylic oxidation sites excluding steroid dienone is 2. The van der Waals surface area contributed by atoms with Crippen LogP contribution in [-0.2, 0) is 25.6 Å². The number of amides is 2. The van der Waals surface area contributed by atoms with Gasteiger partial charge < -0.3 is 42.0 Å². The number of aromatic nitrogens is 1. The van der Waals surface area contributed by atoms with Crippen LogP contribution in [0.5, 0.6) is 0 Å². The number of aliphatic hydroxyl groups is 1. The Balaban J connectivity index is 1.78. The van der Waals surface area contributed by atoms with Gasteiger partial charge in [-0.05, 0) is 91.3 Å². The van der Waals surface area contributed by atoms with Gasteiger partial charge in [0, 0.05) is 53.0 Å². The van der Waals surface area contributed by atoms with Crippen molar-refractivity contribution < 1.29 is 34.5 Å². The Morgan fingerprint density at radius 3 is 2.26 bits per heavy atom. The number of nitrogens with two attached hydrogens (primary N) is 1. The van der Waals surface area contributed by atoms with Crippen LogP contribution in [0.4, 0.5) is 0 Å². The van der Waals surface area contributed by atoms with Crippen LogP contribution in [0.2, 0.25) is 0 Å². The van der Waals surface area contributed by atoms with Crippen LogP contribution in [-0.4, -0.2) is 62.2 Å². The summed E-state index contributed by atoms with van der Waals surface area (Å²) < 4.78 is 0. The van der Waals surface area contributed by atoms with Crippen LogP contribution >= 0.6 is 12.6 Å². The van der Waals surface area contributed by atoms with Crippen molar-refractivity contribution in [2.45, 2.75) is 71.6 Å².